The Kier molecular flexibility index (Phi) is 10.2. The zero-order chi connectivity index (χ0) is 19.4. The summed E-state index contributed by atoms with van der Waals surface area (Å²) in [6.07, 6.45) is 5.34. The van der Waals surface area contributed by atoms with Gasteiger partial charge in [-0.2, -0.15) is 0 Å². The van der Waals surface area contributed by atoms with E-state index in [1.54, 1.807) is 12.1 Å². The van der Waals surface area contributed by atoms with Gasteiger partial charge in [0.2, 0.25) is 10.0 Å². The minimum Gasteiger partial charge on any atom is -0.371 e. The van der Waals surface area contributed by atoms with E-state index in [0.717, 1.165) is 57.5 Å². The largest absolute Gasteiger partial charge is 0.371 e. The number of carbonyl (C=O) groups is 1. The first-order valence-corrected chi connectivity index (χ1v) is 11.2. The standard InChI is InChI=1S/C19H30N4O3S.2ClH/c1-22(2)27(25,26)16-8-9-18(23-11-4-3-5-12-23)17(13-16)19(24)21-15-7-6-10-20-14-15;;/h8-9,13,15,20H,3-7,10-12,14H2,1-2H3,(H,21,24);2*1H. The van der Waals surface area contributed by atoms with Crippen molar-refractivity contribution in [3.8, 4) is 0 Å². The highest BCUT2D eigenvalue weighted by molar-refractivity contribution is 7.89. The van der Waals surface area contributed by atoms with E-state index < -0.39 is 10.0 Å². The van der Waals surface area contributed by atoms with Crippen molar-refractivity contribution in [1.29, 1.82) is 0 Å². The van der Waals surface area contributed by atoms with Crippen LogP contribution < -0.4 is 15.5 Å². The molecule has 166 valence electrons. The van der Waals surface area contributed by atoms with Crippen molar-refractivity contribution in [1.82, 2.24) is 14.9 Å². The van der Waals surface area contributed by atoms with Crippen LogP contribution >= 0.6 is 24.8 Å². The van der Waals surface area contributed by atoms with Crippen molar-refractivity contribution in [2.45, 2.75) is 43.0 Å². The zero-order valence-electron chi connectivity index (χ0n) is 17.0. The topological polar surface area (TPSA) is 81.8 Å². The number of sulfonamides is 1. The molecule has 0 aliphatic carbocycles. The summed E-state index contributed by atoms with van der Waals surface area (Å²) in [5, 5.41) is 6.38. The van der Waals surface area contributed by atoms with Crippen LogP contribution in [0, 0.1) is 0 Å². The molecule has 1 aromatic carbocycles. The maximum Gasteiger partial charge on any atom is 0.253 e. The number of anilines is 1. The van der Waals surface area contributed by atoms with E-state index in [1.807, 2.05) is 0 Å². The van der Waals surface area contributed by atoms with Gasteiger partial charge in [0.25, 0.3) is 5.91 Å². The lowest BCUT2D eigenvalue weighted by molar-refractivity contribution is 0.0931. The van der Waals surface area contributed by atoms with Gasteiger partial charge in [0.1, 0.15) is 0 Å². The van der Waals surface area contributed by atoms with E-state index in [0.29, 0.717) is 5.56 Å². The number of halogens is 2. The Bertz CT molecular complexity index is 778. The number of amides is 1. The van der Waals surface area contributed by atoms with Gasteiger partial charge in [-0.3, -0.25) is 4.79 Å². The molecule has 2 aliphatic heterocycles. The number of hydrogen-bond acceptors (Lipinski definition) is 5. The second-order valence-corrected chi connectivity index (χ2v) is 9.68. The van der Waals surface area contributed by atoms with Gasteiger partial charge >= 0.3 is 0 Å². The fourth-order valence-corrected chi connectivity index (χ4v) is 4.65. The Hall–Kier alpha value is -1.06. The van der Waals surface area contributed by atoms with Crippen LogP contribution in [-0.2, 0) is 10.0 Å². The van der Waals surface area contributed by atoms with Crippen LogP contribution in [0.15, 0.2) is 23.1 Å². The Morgan fingerprint density at radius 3 is 2.41 bits per heavy atom. The number of piperidine rings is 2. The zero-order valence-corrected chi connectivity index (χ0v) is 19.5. The van der Waals surface area contributed by atoms with E-state index >= 15 is 0 Å². The summed E-state index contributed by atoms with van der Waals surface area (Å²) < 4.78 is 26.3. The Morgan fingerprint density at radius 2 is 1.83 bits per heavy atom. The molecule has 3 rings (SSSR count). The van der Waals surface area contributed by atoms with E-state index in [-0.39, 0.29) is 41.7 Å². The van der Waals surface area contributed by atoms with Crippen LogP contribution in [-0.4, -0.2) is 64.9 Å². The third kappa shape index (κ3) is 6.21. The van der Waals surface area contributed by atoms with Gasteiger partial charge in [0.15, 0.2) is 0 Å². The first kappa shape index (κ1) is 26.0. The molecule has 2 saturated heterocycles. The smallest absolute Gasteiger partial charge is 0.253 e. The lowest BCUT2D eigenvalue weighted by Gasteiger charge is -2.31. The third-order valence-corrected chi connectivity index (χ3v) is 7.13. The Labute approximate surface area is 186 Å². The molecule has 2 heterocycles. The second-order valence-electron chi connectivity index (χ2n) is 7.53. The van der Waals surface area contributed by atoms with Crippen LogP contribution in [0.5, 0.6) is 0 Å². The average molecular weight is 467 g/mol. The minimum atomic E-state index is -3.59. The number of nitrogens with zero attached hydrogens (tertiary/aromatic N) is 2. The summed E-state index contributed by atoms with van der Waals surface area (Å²) in [7, 11) is -0.588. The minimum absolute atomic E-state index is 0. The molecule has 2 N–H and O–H groups in total. The molecule has 2 fully saturated rings. The number of hydrogen-bond donors (Lipinski definition) is 2. The summed E-state index contributed by atoms with van der Waals surface area (Å²) in [6.45, 7) is 3.51. The highest BCUT2D eigenvalue weighted by Gasteiger charge is 2.25. The molecule has 0 aromatic heterocycles. The SMILES string of the molecule is CN(C)S(=O)(=O)c1ccc(N2CCCCC2)c(C(=O)NC2CCCNC2)c1.Cl.Cl. The molecule has 7 nitrogen and oxygen atoms in total. The summed E-state index contributed by atoms with van der Waals surface area (Å²) in [4.78, 5) is 15.4. The molecule has 2 aliphatic rings. The highest BCUT2D eigenvalue weighted by atomic mass is 35.5. The second kappa shape index (κ2) is 11.4. The molecule has 1 unspecified atom stereocenters. The molecule has 29 heavy (non-hydrogen) atoms. The molecule has 1 aromatic rings. The third-order valence-electron chi connectivity index (χ3n) is 5.32. The Morgan fingerprint density at radius 1 is 1.14 bits per heavy atom. The fourth-order valence-electron chi connectivity index (χ4n) is 3.72. The lowest BCUT2D eigenvalue weighted by Crippen LogP contribution is -2.46. The molecule has 0 bridgehead atoms. The number of nitrogens with one attached hydrogen (secondary N) is 2. The van der Waals surface area contributed by atoms with E-state index in [9.17, 15) is 13.2 Å². The van der Waals surface area contributed by atoms with Crippen LogP contribution in [0.4, 0.5) is 5.69 Å². The number of carbonyl (C=O) groups excluding carboxylic acids is 1. The quantitative estimate of drug-likeness (QED) is 0.695. The van der Waals surface area contributed by atoms with Gasteiger partial charge in [0, 0.05) is 45.5 Å². The van der Waals surface area contributed by atoms with Gasteiger partial charge in [-0.1, -0.05) is 0 Å². The maximum absolute atomic E-state index is 13.1. The average Bonchev–Trinajstić information content (AvgIpc) is 2.68. The Balaban J connectivity index is 0.00000210. The predicted octanol–water partition coefficient (Wildman–Crippen LogP) is 2.25. The molecular weight excluding hydrogens is 435 g/mol. The van der Waals surface area contributed by atoms with Gasteiger partial charge in [-0.15, -0.1) is 24.8 Å². The molecule has 0 spiro atoms. The molecule has 0 saturated carbocycles. The molecule has 10 heteroatoms. The van der Waals surface area contributed by atoms with Gasteiger partial charge in [-0.05, 0) is 56.8 Å². The number of rotatable bonds is 5. The van der Waals surface area contributed by atoms with E-state index in [4.69, 9.17) is 0 Å². The summed E-state index contributed by atoms with van der Waals surface area (Å²) in [6, 6.07) is 5.01. The molecular formula is C19H32Cl2N4O3S. The van der Waals surface area contributed by atoms with Crippen LogP contribution in [0.3, 0.4) is 0 Å². The molecule has 1 atom stereocenters. The first-order valence-electron chi connectivity index (χ1n) is 9.72. The normalized spacial score (nSPS) is 19.8. The van der Waals surface area contributed by atoms with E-state index in [1.165, 1.54) is 30.9 Å². The van der Waals surface area contributed by atoms with Gasteiger partial charge < -0.3 is 15.5 Å². The van der Waals surface area contributed by atoms with Crippen molar-refractivity contribution in [3.05, 3.63) is 23.8 Å². The maximum atomic E-state index is 13.1. The predicted molar refractivity (Wildman–Crippen MR) is 121 cm³/mol. The first-order chi connectivity index (χ1) is 12.9. The van der Waals surface area contributed by atoms with Gasteiger partial charge in [-0.25, -0.2) is 12.7 Å². The van der Waals surface area contributed by atoms with Crippen LogP contribution in [0.25, 0.3) is 0 Å². The van der Waals surface area contributed by atoms with Crippen molar-refractivity contribution in [2.24, 2.45) is 0 Å². The van der Waals surface area contributed by atoms with Crippen molar-refractivity contribution < 1.29 is 13.2 Å². The van der Waals surface area contributed by atoms with Crippen molar-refractivity contribution >= 4 is 46.4 Å². The summed E-state index contributed by atoms with van der Waals surface area (Å²) in [5.74, 6) is -0.194. The summed E-state index contributed by atoms with van der Waals surface area (Å²) >= 11 is 0. The van der Waals surface area contributed by atoms with Crippen molar-refractivity contribution in [3.63, 3.8) is 0 Å². The molecule has 1 amide bonds. The number of benzene rings is 1. The van der Waals surface area contributed by atoms with Crippen molar-refractivity contribution in [2.75, 3.05) is 45.2 Å². The monoisotopic (exact) mass is 466 g/mol. The highest BCUT2D eigenvalue weighted by Crippen LogP contribution is 2.28. The van der Waals surface area contributed by atoms with Crippen LogP contribution in [0.2, 0.25) is 0 Å². The van der Waals surface area contributed by atoms with Crippen LogP contribution in [0.1, 0.15) is 42.5 Å². The van der Waals surface area contributed by atoms with Gasteiger partial charge in [0.05, 0.1) is 10.5 Å². The fraction of sp³-hybridized carbons (Fsp3) is 0.632. The lowest BCUT2D eigenvalue weighted by atomic mass is 10.0. The summed E-state index contributed by atoms with van der Waals surface area (Å²) in [5.41, 5.74) is 1.28. The van der Waals surface area contributed by atoms with E-state index in [2.05, 4.69) is 15.5 Å². The molecule has 0 radical (unpaired) electrons.